The van der Waals surface area contributed by atoms with E-state index in [1.165, 1.54) is 18.2 Å². The molecule has 2 aromatic carbocycles. The van der Waals surface area contributed by atoms with Crippen molar-refractivity contribution >= 4 is 15.5 Å². The number of oxime groups is 1. The predicted molar refractivity (Wildman–Crippen MR) is 86.9 cm³/mol. The highest BCUT2D eigenvalue weighted by Gasteiger charge is 2.09. The van der Waals surface area contributed by atoms with Gasteiger partial charge in [0.15, 0.2) is 9.84 Å². The van der Waals surface area contributed by atoms with Gasteiger partial charge in [0, 0.05) is 11.8 Å². The summed E-state index contributed by atoms with van der Waals surface area (Å²) in [4.78, 5) is 0.207. The molecule has 0 heterocycles. The van der Waals surface area contributed by atoms with Gasteiger partial charge in [0.05, 0.1) is 10.6 Å². The summed E-state index contributed by atoms with van der Waals surface area (Å²) < 4.78 is 24.3. The first-order valence-electron chi connectivity index (χ1n) is 6.76. The Morgan fingerprint density at radius 3 is 2.32 bits per heavy atom. The summed E-state index contributed by atoms with van der Waals surface area (Å²) in [5.41, 5.74) is 2.36. The smallest absolute Gasteiger partial charge is 0.199 e. The van der Waals surface area contributed by atoms with Crippen LogP contribution >= 0.6 is 0 Å². The van der Waals surface area contributed by atoms with Crippen LogP contribution in [0.25, 0.3) is 0 Å². The molecule has 5 heteroatoms. The molecule has 0 saturated heterocycles. The molecule has 0 amide bonds. The normalized spacial score (nSPS) is 12.7. The van der Waals surface area contributed by atoms with Crippen LogP contribution in [0.4, 0.5) is 0 Å². The van der Waals surface area contributed by atoms with Gasteiger partial charge in [-0.25, -0.2) is 8.42 Å². The lowest BCUT2D eigenvalue weighted by Crippen LogP contribution is -2.02. The summed E-state index contributed by atoms with van der Waals surface area (Å²) >= 11 is 0. The molecule has 4 nitrogen and oxygen atoms in total. The molecular formula is C17H17NO3S. The first-order valence-corrected chi connectivity index (χ1v) is 8.30. The van der Waals surface area contributed by atoms with E-state index in [1.807, 2.05) is 31.2 Å². The second-order valence-electron chi connectivity index (χ2n) is 4.91. The lowest BCUT2D eigenvalue weighted by atomic mass is 10.1. The number of hydrogen-bond acceptors (Lipinski definition) is 4. The lowest BCUT2D eigenvalue weighted by Gasteiger charge is -2.02. The second-order valence-corrected chi connectivity index (χ2v) is 6.75. The molecule has 0 radical (unpaired) electrons. The van der Waals surface area contributed by atoms with Gasteiger partial charge in [-0.3, -0.25) is 0 Å². The fourth-order valence-corrected chi connectivity index (χ4v) is 2.93. The highest BCUT2D eigenvalue weighted by Crippen LogP contribution is 2.12. The van der Waals surface area contributed by atoms with E-state index in [0.717, 1.165) is 16.5 Å². The maximum atomic E-state index is 12.1. The van der Waals surface area contributed by atoms with Crippen molar-refractivity contribution in [1.29, 1.82) is 0 Å². The fraction of sp³-hybridized carbons (Fsp3) is 0.118. The molecule has 2 aromatic rings. The quantitative estimate of drug-likeness (QED) is 0.522. The lowest BCUT2D eigenvalue weighted by molar-refractivity contribution is 0.318. The molecule has 0 saturated carbocycles. The zero-order chi connectivity index (χ0) is 16.0. The molecule has 0 aliphatic rings. The van der Waals surface area contributed by atoms with E-state index in [-0.39, 0.29) is 10.6 Å². The van der Waals surface area contributed by atoms with Crippen LogP contribution in [-0.4, -0.2) is 19.3 Å². The Kier molecular flexibility index (Phi) is 5.12. The van der Waals surface area contributed by atoms with Crippen LogP contribution in [0.15, 0.2) is 76.1 Å². The summed E-state index contributed by atoms with van der Waals surface area (Å²) in [6.07, 6.45) is 1.68. The average molecular weight is 315 g/mol. The van der Waals surface area contributed by atoms with Crippen molar-refractivity contribution in [3.8, 4) is 0 Å². The van der Waals surface area contributed by atoms with Crippen molar-refractivity contribution in [1.82, 2.24) is 0 Å². The zero-order valence-electron chi connectivity index (χ0n) is 12.2. The van der Waals surface area contributed by atoms with Crippen molar-refractivity contribution in [2.75, 3.05) is 0 Å². The van der Waals surface area contributed by atoms with E-state index in [9.17, 15) is 8.42 Å². The van der Waals surface area contributed by atoms with Crippen molar-refractivity contribution in [2.45, 2.75) is 18.2 Å². The molecule has 0 spiro atoms. The van der Waals surface area contributed by atoms with E-state index >= 15 is 0 Å². The van der Waals surface area contributed by atoms with Crippen molar-refractivity contribution in [3.63, 3.8) is 0 Å². The standard InChI is InChI=1S/C17H17NO3S/c1-14-7-9-15(10-8-14)13-16(18-19)11-12-22(20,21)17-5-3-2-4-6-17/h2-12,19H,13H2,1H3/b12-11+,18-16+. The minimum atomic E-state index is -3.54. The molecule has 0 aliphatic carbocycles. The topological polar surface area (TPSA) is 66.7 Å². The molecule has 2 rings (SSSR count). The summed E-state index contributed by atoms with van der Waals surface area (Å²) in [7, 11) is -3.54. The Labute approximate surface area is 130 Å². The van der Waals surface area contributed by atoms with Crippen LogP contribution in [0, 0.1) is 6.92 Å². The minimum absolute atomic E-state index is 0.207. The maximum absolute atomic E-state index is 12.1. The van der Waals surface area contributed by atoms with Crippen molar-refractivity contribution < 1.29 is 13.6 Å². The van der Waals surface area contributed by atoms with Gasteiger partial charge in [-0.15, -0.1) is 0 Å². The van der Waals surface area contributed by atoms with Gasteiger partial charge in [-0.05, 0) is 30.7 Å². The van der Waals surface area contributed by atoms with Gasteiger partial charge >= 0.3 is 0 Å². The molecule has 1 N–H and O–H groups in total. The van der Waals surface area contributed by atoms with Crippen LogP contribution in [0.5, 0.6) is 0 Å². The van der Waals surface area contributed by atoms with Gasteiger partial charge in [-0.1, -0.05) is 53.2 Å². The Hall–Kier alpha value is -2.40. The number of sulfone groups is 1. The molecule has 0 unspecified atom stereocenters. The van der Waals surface area contributed by atoms with Gasteiger partial charge in [-0.2, -0.15) is 0 Å². The molecule has 22 heavy (non-hydrogen) atoms. The Morgan fingerprint density at radius 1 is 1.09 bits per heavy atom. The van der Waals surface area contributed by atoms with Crippen LogP contribution < -0.4 is 0 Å². The van der Waals surface area contributed by atoms with Crippen molar-refractivity contribution in [3.05, 3.63) is 77.2 Å². The summed E-state index contributed by atoms with van der Waals surface area (Å²) in [5.74, 6) is 0. The SMILES string of the molecule is Cc1ccc(CC(/C=C/S(=O)(=O)c2ccccc2)=N/O)cc1. The van der Waals surface area contributed by atoms with Crippen molar-refractivity contribution in [2.24, 2.45) is 5.16 Å². The third-order valence-corrected chi connectivity index (χ3v) is 4.57. The molecule has 0 bridgehead atoms. The number of allylic oxidation sites excluding steroid dienone is 1. The highest BCUT2D eigenvalue weighted by molar-refractivity contribution is 7.94. The summed E-state index contributed by atoms with van der Waals surface area (Å²) in [5, 5.41) is 13.3. The average Bonchev–Trinajstić information content (AvgIpc) is 2.54. The van der Waals surface area contributed by atoms with E-state index in [1.54, 1.807) is 18.2 Å². The summed E-state index contributed by atoms with van der Waals surface area (Å²) in [6, 6.07) is 15.9. The third-order valence-electron chi connectivity index (χ3n) is 3.15. The number of nitrogens with zero attached hydrogens (tertiary/aromatic N) is 1. The van der Waals surface area contributed by atoms with Gasteiger partial charge in [0.2, 0.25) is 0 Å². The van der Waals surface area contributed by atoms with E-state index in [2.05, 4.69) is 5.16 Å². The predicted octanol–water partition coefficient (Wildman–Crippen LogP) is 3.36. The monoisotopic (exact) mass is 315 g/mol. The molecule has 0 fully saturated rings. The molecule has 0 atom stereocenters. The Morgan fingerprint density at radius 2 is 1.73 bits per heavy atom. The van der Waals surface area contributed by atoms with Crippen LogP contribution in [-0.2, 0) is 16.3 Å². The molecule has 0 aromatic heterocycles. The largest absolute Gasteiger partial charge is 0.411 e. The number of benzene rings is 2. The first-order chi connectivity index (χ1) is 10.5. The Bertz CT molecular complexity index is 776. The highest BCUT2D eigenvalue weighted by atomic mass is 32.2. The van der Waals surface area contributed by atoms with Crippen LogP contribution in [0.3, 0.4) is 0 Å². The van der Waals surface area contributed by atoms with Crippen LogP contribution in [0.2, 0.25) is 0 Å². The Balaban J connectivity index is 2.15. The maximum Gasteiger partial charge on any atom is 0.199 e. The first kappa shape index (κ1) is 16.0. The van der Waals surface area contributed by atoms with Gasteiger partial charge in [0.1, 0.15) is 0 Å². The van der Waals surface area contributed by atoms with E-state index in [0.29, 0.717) is 6.42 Å². The number of rotatable bonds is 5. The summed E-state index contributed by atoms with van der Waals surface area (Å²) in [6.45, 7) is 1.98. The minimum Gasteiger partial charge on any atom is -0.411 e. The fourth-order valence-electron chi connectivity index (χ4n) is 1.90. The van der Waals surface area contributed by atoms with E-state index < -0.39 is 9.84 Å². The van der Waals surface area contributed by atoms with Gasteiger partial charge < -0.3 is 5.21 Å². The molecule has 0 aliphatic heterocycles. The number of hydrogen-bond donors (Lipinski definition) is 1. The molecule has 114 valence electrons. The zero-order valence-corrected chi connectivity index (χ0v) is 13.0. The third kappa shape index (κ3) is 4.30. The van der Waals surface area contributed by atoms with Crippen LogP contribution in [0.1, 0.15) is 11.1 Å². The second kappa shape index (κ2) is 7.04. The van der Waals surface area contributed by atoms with E-state index in [4.69, 9.17) is 5.21 Å². The number of aryl methyl sites for hydroxylation is 1. The molecular weight excluding hydrogens is 298 g/mol. The van der Waals surface area contributed by atoms with Gasteiger partial charge in [0.25, 0.3) is 0 Å².